The zero-order valence-electron chi connectivity index (χ0n) is 19.5. The van der Waals surface area contributed by atoms with Crippen molar-refractivity contribution in [3.63, 3.8) is 0 Å². The molecule has 3 heterocycles. The van der Waals surface area contributed by atoms with Gasteiger partial charge in [-0.3, -0.25) is 0 Å². The molecule has 0 aliphatic carbocycles. The average Bonchev–Trinajstić information content (AvgIpc) is 3.25. The van der Waals surface area contributed by atoms with Gasteiger partial charge in [0.05, 0.1) is 30.1 Å². The minimum atomic E-state index is -0.229. The van der Waals surface area contributed by atoms with Crippen molar-refractivity contribution in [2.45, 2.75) is 6.42 Å². The number of rotatable bonds is 7. The number of anilines is 2. The van der Waals surface area contributed by atoms with Gasteiger partial charge in [-0.05, 0) is 55.9 Å². The van der Waals surface area contributed by atoms with Gasteiger partial charge in [0.25, 0.3) is 0 Å². The highest BCUT2D eigenvalue weighted by molar-refractivity contribution is 5.96. The third-order valence-electron chi connectivity index (χ3n) is 6.70. The van der Waals surface area contributed by atoms with Crippen LogP contribution in [0.1, 0.15) is 6.42 Å². The van der Waals surface area contributed by atoms with E-state index in [1.807, 2.05) is 51.5 Å². The van der Waals surface area contributed by atoms with Gasteiger partial charge in [-0.25, -0.2) is 9.37 Å². The van der Waals surface area contributed by atoms with Crippen molar-refractivity contribution in [1.29, 1.82) is 0 Å². The molecule has 1 aromatic heterocycles. The Morgan fingerprint density at radius 3 is 2.61 bits per heavy atom. The Hall–Kier alpha value is -2.90. The molecule has 1 spiro atoms. The second kappa shape index (κ2) is 8.80. The maximum Gasteiger partial charge on any atom is 0.147 e. The Morgan fingerprint density at radius 2 is 1.97 bits per heavy atom. The Bertz CT molecular complexity index is 1150. The minimum absolute atomic E-state index is 0.229. The fourth-order valence-electron chi connectivity index (χ4n) is 4.73. The molecule has 2 saturated heterocycles. The zero-order chi connectivity index (χ0) is 23.0. The number of hydrogen-bond acceptors (Lipinski definition) is 6. The molecule has 33 heavy (non-hydrogen) atoms. The van der Waals surface area contributed by atoms with E-state index >= 15 is 0 Å². The maximum atomic E-state index is 14.9. The van der Waals surface area contributed by atoms with Crippen LogP contribution in [0.4, 0.5) is 15.8 Å². The van der Waals surface area contributed by atoms with Gasteiger partial charge in [0.15, 0.2) is 0 Å². The van der Waals surface area contributed by atoms with Gasteiger partial charge in [0, 0.05) is 55.8 Å². The molecule has 0 atom stereocenters. The number of pyridine rings is 1. The highest BCUT2D eigenvalue weighted by atomic mass is 19.1. The van der Waals surface area contributed by atoms with Crippen LogP contribution in [-0.2, 0) is 4.74 Å². The first-order chi connectivity index (χ1) is 16.0. The number of ether oxygens (including phenoxy) is 2. The van der Waals surface area contributed by atoms with E-state index in [2.05, 4.69) is 16.3 Å². The molecule has 2 aliphatic rings. The summed E-state index contributed by atoms with van der Waals surface area (Å²) in [5.41, 5.74) is 4.50. The lowest BCUT2D eigenvalue weighted by Crippen LogP contribution is -2.44. The molecule has 3 aromatic rings. The van der Waals surface area contributed by atoms with Gasteiger partial charge in [-0.1, -0.05) is 0 Å². The summed E-state index contributed by atoms with van der Waals surface area (Å²) in [7, 11) is 5.61. The summed E-state index contributed by atoms with van der Waals surface area (Å²) in [6, 6.07) is 13.6. The summed E-state index contributed by atoms with van der Waals surface area (Å²) in [5.74, 6) is 0.603. The molecule has 0 bridgehead atoms. The van der Waals surface area contributed by atoms with Gasteiger partial charge in [0.2, 0.25) is 0 Å². The number of halogens is 1. The van der Waals surface area contributed by atoms with Gasteiger partial charge in [0.1, 0.15) is 18.2 Å². The molecule has 0 radical (unpaired) electrons. The monoisotopic (exact) mass is 450 g/mol. The van der Waals surface area contributed by atoms with Gasteiger partial charge in [-0.2, -0.15) is 0 Å². The van der Waals surface area contributed by atoms with E-state index < -0.39 is 0 Å². The summed E-state index contributed by atoms with van der Waals surface area (Å²) in [4.78, 5) is 9.11. The average molecular weight is 451 g/mol. The molecular formula is C26H31FN4O2. The van der Waals surface area contributed by atoms with E-state index in [0.29, 0.717) is 12.3 Å². The molecule has 0 amide bonds. The molecule has 7 heteroatoms. The van der Waals surface area contributed by atoms with Crippen LogP contribution in [0.3, 0.4) is 0 Å². The van der Waals surface area contributed by atoms with Gasteiger partial charge < -0.3 is 24.6 Å². The second-order valence-corrected chi connectivity index (χ2v) is 9.38. The van der Waals surface area contributed by atoms with Gasteiger partial charge >= 0.3 is 0 Å². The molecule has 1 N–H and O–H groups in total. The smallest absolute Gasteiger partial charge is 0.147 e. The molecule has 5 rings (SSSR count). The highest BCUT2D eigenvalue weighted by Gasteiger charge is 2.44. The van der Waals surface area contributed by atoms with Crippen LogP contribution in [-0.4, -0.2) is 65.6 Å². The van der Waals surface area contributed by atoms with Gasteiger partial charge in [-0.15, -0.1) is 0 Å². The normalized spacial score (nSPS) is 16.9. The maximum absolute atomic E-state index is 14.9. The van der Waals surface area contributed by atoms with Crippen molar-refractivity contribution in [3.05, 3.63) is 48.3 Å². The van der Waals surface area contributed by atoms with E-state index in [4.69, 9.17) is 14.5 Å². The third-order valence-corrected chi connectivity index (χ3v) is 6.70. The number of nitrogens with one attached hydrogen (secondary N) is 1. The number of fused-ring (bicyclic) bond motifs is 1. The predicted molar refractivity (Wildman–Crippen MR) is 131 cm³/mol. The third kappa shape index (κ3) is 4.23. The fourth-order valence-corrected chi connectivity index (χ4v) is 4.73. The lowest BCUT2D eigenvalue weighted by molar-refractivity contribution is -0.0985. The highest BCUT2D eigenvalue weighted by Crippen LogP contribution is 2.42. The van der Waals surface area contributed by atoms with Crippen LogP contribution in [0.15, 0.2) is 42.5 Å². The van der Waals surface area contributed by atoms with E-state index in [1.165, 1.54) is 0 Å². The van der Waals surface area contributed by atoms with Crippen LogP contribution >= 0.6 is 0 Å². The van der Waals surface area contributed by atoms with E-state index in [9.17, 15) is 4.39 Å². The second-order valence-electron chi connectivity index (χ2n) is 9.38. The van der Waals surface area contributed by atoms with Crippen LogP contribution in [0, 0.1) is 11.2 Å². The molecule has 0 saturated carbocycles. The predicted octanol–water partition coefficient (Wildman–Crippen LogP) is 3.93. The number of benzene rings is 2. The summed E-state index contributed by atoms with van der Waals surface area (Å²) >= 11 is 0. The van der Waals surface area contributed by atoms with Crippen molar-refractivity contribution in [3.8, 4) is 17.0 Å². The topological polar surface area (TPSA) is 49.9 Å². The lowest BCUT2D eigenvalue weighted by atomic mass is 9.85. The van der Waals surface area contributed by atoms with Crippen molar-refractivity contribution in [2.24, 2.45) is 5.41 Å². The first-order valence-corrected chi connectivity index (χ1v) is 11.5. The molecule has 0 unspecified atom stereocenters. The quantitative estimate of drug-likeness (QED) is 0.551. The summed E-state index contributed by atoms with van der Waals surface area (Å²) in [5, 5.41) is 3.93. The molecule has 6 nitrogen and oxygen atoms in total. The minimum Gasteiger partial charge on any atom is -0.492 e. The Balaban J connectivity index is 1.55. The summed E-state index contributed by atoms with van der Waals surface area (Å²) in [6.07, 6.45) is 1.10. The Morgan fingerprint density at radius 1 is 1.18 bits per heavy atom. The van der Waals surface area contributed by atoms with E-state index in [1.54, 1.807) is 11.0 Å². The summed E-state index contributed by atoms with van der Waals surface area (Å²) in [6.45, 7) is 4.91. The van der Waals surface area contributed by atoms with Crippen molar-refractivity contribution >= 4 is 22.3 Å². The number of likely N-dealkylation sites (N-methyl/N-ethyl adjacent to an activating group) is 1. The van der Waals surface area contributed by atoms with Crippen LogP contribution < -0.4 is 19.9 Å². The first-order valence-electron chi connectivity index (χ1n) is 11.5. The molecule has 2 aromatic carbocycles. The fraction of sp³-hybridized carbons (Fsp3) is 0.423. The summed E-state index contributed by atoms with van der Waals surface area (Å²) < 4.78 is 26.2. The first kappa shape index (κ1) is 21.9. The largest absolute Gasteiger partial charge is 0.492 e. The standard InChI is InChI=1S/C26H31FN4O2/c1-28-9-11-33-19-6-4-18(5-7-19)22-13-24(31-10-8-26(15-31)16-32-17-26)20-12-21(27)25(30(2)3)14-23(20)29-22/h4-7,12-14,28H,8-11,15-17H2,1-3H3. The zero-order valence-corrected chi connectivity index (χ0v) is 19.5. The Kier molecular flexibility index (Phi) is 5.85. The number of hydrogen-bond donors (Lipinski definition) is 1. The van der Waals surface area contributed by atoms with Crippen LogP contribution in [0.5, 0.6) is 5.75 Å². The lowest BCUT2D eigenvalue weighted by Gasteiger charge is -2.38. The van der Waals surface area contributed by atoms with E-state index in [-0.39, 0.29) is 11.2 Å². The number of nitrogens with zero attached hydrogens (tertiary/aromatic N) is 3. The van der Waals surface area contributed by atoms with Crippen LogP contribution in [0.2, 0.25) is 0 Å². The molecule has 2 fully saturated rings. The Labute approximate surface area is 194 Å². The van der Waals surface area contributed by atoms with Crippen LogP contribution in [0.25, 0.3) is 22.2 Å². The molecule has 2 aliphatic heterocycles. The molecule has 174 valence electrons. The van der Waals surface area contributed by atoms with Crippen molar-refractivity contribution in [1.82, 2.24) is 10.3 Å². The molecular weight excluding hydrogens is 419 g/mol. The van der Waals surface area contributed by atoms with E-state index in [0.717, 1.165) is 72.9 Å². The van der Waals surface area contributed by atoms with Crippen molar-refractivity contribution < 1.29 is 13.9 Å². The number of aromatic nitrogens is 1. The SMILES string of the molecule is CNCCOc1ccc(-c2cc(N3CCC4(COC4)C3)c3cc(F)c(N(C)C)cc3n2)cc1. The van der Waals surface area contributed by atoms with Crippen molar-refractivity contribution in [2.75, 3.05) is 70.4 Å².